The molecule has 3 heterocycles. The number of carbonyl (C=O) groups is 3. The molecule has 0 aliphatic carbocycles. The normalized spacial score (nSPS) is 23.8. The highest BCUT2D eigenvalue weighted by Crippen LogP contribution is 2.43. The molecule has 0 bridgehead atoms. The number of thioether (sulfide) groups is 1. The van der Waals surface area contributed by atoms with E-state index in [1.165, 1.54) is 16.7 Å². The molecule has 7 nitrogen and oxygen atoms in total. The molecule has 2 unspecified atom stereocenters. The highest BCUT2D eigenvalue weighted by Gasteiger charge is 2.47. The van der Waals surface area contributed by atoms with Gasteiger partial charge in [0.2, 0.25) is 11.8 Å². The van der Waals surface area contributed by atoms with Crippen LogP contribution in [-0.2, 0) is 19.0 Å². The Hall–Kier alpha value is -2.48. The van der Waals surface area contributed by atoms with Gasteiger partial charge in [0.05, 0.1) is 11.6 Å². The van der Waals surface area contributed by atoms with Gasteiger partial charge in [-0.2, -0.15) is 0 Å². The molecule has 4 rings (SSSR count). The number of esters is 1. The van der Waals surface area contributed by atoms with Gasteiger partial charge in [-0.1, -0.05) is 25.1 Å². The number of hydrogen-bond donors (Lipinski definition) is 0. The SMILES string of the molecule is CCSC1=C(OC(=O)OC2OC(=O)c3ccccc32)N2C(=O)CC2C1. The molecule has 2 atom stereocenters. The molecule has 0 N–H and O–H groups in total. The fourth-order valence-electron chi connectivity index (χ4n) is 3.15. The molecule has 3 aliphatic rings. The van der Waals surface area contributed by atoms with E-state index in [0.29, 0.717) is 24.0 Å². The van der Waals surface area contributed by atoms with E-state index in [9.17, 15) is 14.4 Å². The first-order valence-corrected chi connectivity index (χ1v) is 8.93. The van der Waals surface area contributed by atoms with Gasteiger partial charge in [0.25, 0.3) is 6.29 Å². The molecule has 0 aromatic heterocycles. The van der Waals surface area contributed by atoms with E-state index in [1.54, 1.807) is 24.3 Å². The minimum atomic E-state index is -1.14. The van der Waals surface area contributed by atoms with Gasteiger partial charge in [0.15, 0.2) is 0 Å². The van der Waals surface area contributed by atoms with Crippen molar-refractivity contribution in [1.82, 2.24) is 4.90 Å². The zero-order chi connectivity index (χ0) is 17.6. The van der Waals surface area contributed by atoms with Crippen LogP contribution in [0.1, 0.15) is 42.0 Å². The van der Waals surface area contributed by atoms with E-state index in [-0.39, 0.29) is 17.8 Å². The second-order valence-corrected chi connectivity index (χ2v) is 7.14. The fourth-order valence-corrected chi connectivity index (χ4v) is 4.07. The van der Waals surface area contributed by atoms with Gasteiger partial charge in [-0.05, 0) is 11.8 Å². The Balaban J connectivity index is 1.48. The lowest BCUT2D eigenvalue weighted by atomic mass is 10.0. The Morgan fingerprint density at radius 2 is 2.12 bits per heavy atom. The first-order valence-electron chi connectivity index (χ1n) is 7.95. The molecule has 0 radical (unpaired) electrons. The third kappa shape index (κ3) is 2.66. The molecule has 3 aliphatic heterocycles. The highest BCUT2D eigenvalue weighted by molar-refractivity contribution is 8.03. The first-order chi connectivity index (χ1) is 12.1. The van der Waals surface area contributed by atoms with Crippen molar-refractivity contribution >= 4 is 29.8 Å². The van der Waals surface area contributed by atoms with Crippen LogP contribution in [0.25, 0.3) is 0 Å². The predicted octanol–water partition coefficient (Wildman–Crippen LogP) is 2.94. The number of cyclic esters (lactones) is 1. The lowest BCUT2D eigenvalue weighted by Gasteiger charge is -2.35. The quantitative estimate of drug-likeness (QED) is 0.602. The van der Waals surface area contributed by atoms with Gasteiger partial charge >= 0.3 is 12.1 Å². The number of hydrogen-bond acceptors (Lipinski definition) is 7. The number of ether oxygens (including phenoxy) is 3. The van der Waals surface area contributed by atoms with Crippen LogP contribution in [0, 0.1) is 0 Å². The summed E-state index contributed by atoms with van der Waals surface area (Å²) in [4.78, 5) is 38.1. The number of fused-ring (bicyclic) bond motifs is 2. The van der Waals surface area contributed by atoms with Crippen molar-refractivity contribution in [3.63, 3.8) is 0 Å². The van der Waals surface area contributed by atoms with Crippen molar-refractivity contribution in [3.8, 4) is 0 Å². The molecule has 25 heavy (non-hydrogen) atoms. The monoisotopic (exact) mass is 361 g/mol. The molecule has 1 fully saturated rings. The maximum absolute atomic E-state index is 12.2. The molecule has 1 aromatic rings. The van der Waals surface area contributed by atoms with Crippen molar-refractivity contribution in [3.05, 3.63) is 46.2 Å². The average Bonchev–Trinajstić information content (AvgIpc) is 3.03. The summed E-state index contributed by atoms with van der Waals surface area (Å²) in [5, 5.41) is 0. The zero-order valence-electron chi connectivity index (χ0n) is 13.4. The summed E-state index contributed by atoms with van der Waals surface area (Å²) in [5.41, 5.74) is 0.839. The van der Waals surface area contributed by atoms with E-state index in [2.05, 4.69) is 0 Å². The number of rotatable bonds is 4. The predicted molar refractivity (Wildman–Crippen MR) is 87.2 cm³/mol. The molecular weight excluding hydrogens is 346 g/mol. The lowest BCUT2D eigenvalue weighted by Crippen LogP contribution is -2.49. The van der Waals surface area contributed by atoms with Crippen LogP contribution in [-0.4, -0.2) is 34.7 Å². The van der Waals surface area contributed by atoms with Crippen LogP contribution in [0.3, 0.4) is 0 Å². The molecule has 1 saturated heterocycles. The summed E-state index contributed by atoms with van der Waals surface area (Å²) in [6.45, 7) is 1.99. The van der Waals surface area contributed by atoms with Gasteiger partial charge in [-0.3, -0.25) is 9.69 Å². The highest BCUT2D eigenvalue weighted by atomic mass is 32.2. The molecule has 0 spiro atoms. The van der Waals surface area contributed by atoms with Crippen molar-refractivity contribution in [2.45, 2.75) is 32.1 Å². The fraction of sp³-hybridized carbons (Fsp3) is 0.353. The summed E-state index contributed by atoms with van der Waals surface area (Å²) in [6, 6.07) is 6.75. The maximum atomic E-state index is 12.2. The Labute approximate surface area is 147 Å². The van der Waals surface area contributed by atoms with E-state index < -0.39 is 18.4 Å². The second kappa shape index (κ2) is 6.11. The molecule has 1 amide bonds. The van der Waals surface area contributed by atoms with Crippen LogP contribution < -0.4 is 0 Å². The van der Waals surface area contributed by atoms with Gasteiger partial charge in [0, 0.05) is 23.3 Å². The van der Waals surface area contributed by atoms with Crippen molar-refractivity contribution in [1.29, 1.82) is 0 Å². The standard InChI is InChI=1S/C17H15NO6S/c1-2-25-12-7-9-8-13(19)18(9)14(12)22-17(21)24-16-11-6-4-3-5-10(11)15(20)23-16/h3-6,9,16H,2,7-8H2,1H3. The molecule has 1 aromatic carbocycles. The topological polar surface area (TPSA) is 82.1 Å². The van der Waals surface area contributed by atoms with Crippen LogP contribution >= 0.6 is 11.8 Å². The maximum Gasteiger partial charge on any atom is 0.518 e. The van der Waals surface area contributed by atoms with Crippen molar-refractivity contribution in [2.24, 2.45) is 0 Å². The number of β-lactam (4-membered cyclic amide) rings is 1. The zero-order valence-corrected chi connectivity index (χ0v) is 14.2. The van der Waals surface area contributed by atoms with E-state index >= 15 is 0 Å². The Kier molecular flexibility index (Phi) is 3.91. The molecular formula is C17H15NO6S. The number of benzene rings is 1. The van der Waals surface area contributed by atoms with Crippen molar-refractivity contribution < 1.29 is 28.6 Å². The third-order valence-electron chi connectivity index (χ3n) is 4.27. The Bertz CT molecular complexity index is 804. The summed E-state index contributed by atoms with van der Waals surface area (Å²) in [5.74, 6) is 0.432. The van der Waals surface area contributed by atoms with Crippen LogP contribution in [0.15, 0.2) is 35.1 Å². The van der Waals surface area contributed by atoms with Crippen molar-refractivity contribution in [2.75, 3.05) is 5.75 Å². The number of carbonyl (C=O) groups excluding carboxylic acids is 3. The summed E-state index contributed by atoms with van der Waals surface area (Å²) >= 11 is 1.54. The largest absolute Gasteiger partial charge is 0.518 e. The van der Waals surface area contributed by atoms with Gasteiger partial charge in [-0.25, -0.2) is 9.59 Å². The van der Waals surface area contributed by atoms with Crippen LogP contribution in [0.5, 0.6) is 0 Å². The van der Waals surface area contributed by atoms with Crippen LogP contribution in [0.2, 0.25) is 0 Å². The lowest BCUT2D eigenvalue weighted by molar-refractivity contribution is -0.144. The Morgan fingerprint density at radius 1 is 1.32 bits per heavy atom. The van der Waals surface area contributed by atoms with Gasteiger partial charge in [-0.15, -0.1) is 11.8 Å². The molecule has 0 saturated carbocycles. The Morgan fingerprint density at radius 3 is 2.88 bits per heavy atom. The number of amides is 1. The van der Waals surface area contributed by atoms with E-state index in [0.717, 1.165) is 10.7 Å². The first kappa shape index (κ1) is 16.0. The van der Waals surface area contributed by atoms with E-state index in [1.807, 2.05) is 6.92 Å². The summed E-state index contributed by atoms with van der Waals surface area (Å²) < 4.78 is 15.5. The average molecular weight is 361 g/mol. The van der Waals surface area contributed by atoms with E-state index in [4.69, 9.17) is 14.2 Å². The smallest absolute Gasteiger partial charge is 0.417 e. The minimum absolute atomic E-state index is 0.0642. The van der Waals surface area contributed by atoms with Gasteiger partial charge < -0.3 is 14.2 Å². The van der Waals surface area contributed by atoms with Gasteiger partial charge in [0.1, 0.15) is 0 Å². The minimum Gasteiger partial charge on any atom is -0.417 e. The number of nitrogens with zero attached hydrogens (tertiary/aromatic N) is 1. The second-order valence-electron chi connectivity index (χ2n) is 5.78. The van der Waals surface area contributed by atoms with Crippen LogP contribution in [0.4, 0.5) is 4.79 Å². The third-order valence-corrected chi connectivity index (χ3v) is 5.25. The molecule has 8 heteroatoms. The summed E-state index contributed by atoms with van der Waals surface area (Å²) in [7, 11) is 0. The summed E-state index contributed by atoms with van der Waals surface area (Å²) in [6.07, 6.45) is -0.986. The molecule has 130 valence electrons.